The molecule has 6 heteroatoms. The van der Waals surface area contributed by atoms with Gasteiger partial charge in [-0.2, -0.15) is 0 Å². The highest BCUT2D eigenvalue weighted by atomic mass is 35.5. The molecule has 0 unspecified atom stereocenters. The quantitative estimate of drug-likeness (QED) is 0.830. The topological polar surface area (TPSA) is 55.4 Å². The van der Waals surface area contributed by atoms with Crippen molar-refractivity contribution in [1.29, 1.82) is 0 Å². The third-order valence-electron chi connectivity index (χ3n) is 4.88. The highest BCUT2D eigenvalue weighted by Gasteiger charge is 2.40. The molecule has 3 atom stereocenters. The number of rotatable bonds is 5. The Labute approximate surface area is 139 Å². The van der Waals surface area contributed by atoms with Gasteiger partial charge in [-0.1, -0.05) is 18.0 Å². The number of esters is 1. The van der Waals surface area contributed by atoms with E-state index in [2.05, 4.69) is 5.32 Å². The molecule has 2 bridgehead atoms. The first-order valence-corrected chi connectivity index (χ1v) is 8.29. The largest absolute Gasteiger partial charge is 0.456 e. The van der Waals surface area contributed by atoms with Gasteiger partial charge in [0.15, 0.2) is 6.61 Å². The molecule has 2 fully saturated rings. The van der Waals surface area contributed by atoms with Crippen LogP contribution in [0.15, 0.2) is 18.2 Å². The van der Waals surface area contributed by atoms with Crippen LogP contribution < -0.4 is 5.32 Å². The second kappa shape index (κ2) is 6.87. The van der Waals surface area contributed by atoms with E-state index < -0.39 is 11.7 Å². The number of fused-ring (bicyclic) bond motifs is 2. The number of nitrogens with one attached hydrogen (secondary N) is 1. The Kier molecular flexibility index (Phi) is 4.85. The van der Waals surface area contributed by atoms with Crippen LogP contribution >= 0.6 is 11.6 Å². The zero-order chi connectivity index (χ0) is 16.4. The average Bonchev–Trinajstić information content (AvgIpc) is 3.11. The molecule has 23 heavy (non-hydrogen) atoms. The van der Waals surface area contributed by atoms with Gasteiger partial charge in [-0.05, 0) is 55.2 Å². The molecule has 3 rings (SSSR count). The third kappa shape index (κ3) is 4.02. The maximum atomic E-state index is 12.9. The summed E-state index contributed by atoms with van der Waals surface area (Å²) in [4.78, 5) is 23.6. The Balaban J connectivity index is 1.42. The first-order valence-electron chi connectivity index (χ1n) is 7.92. The lowest BCUT2D eigenvalue weighted by atomic mass is 9.86. The molecule has 0 aromatic heterocycles. The minimum atomic E-state index is -0.486. The molecule has 0 radical (unpaired) electrons. The second-order valence-corrected chi connectivity index (χ2v) is 6.88. The van der Waals surface area contributed by atoms with E-state index in [1.807, 2.05) is 0 Å². The molecule has 2 aliphatic carbocycles. The van der Waals surface area contributed by atoms with Gasteiger partial charge in [-0.3, -0.25) is 9.59 Å². The third-order valence-corrected chi connectivity index (χ3v) is 5.20. The maximum Gasteiger partial charge on any atom is 0.306 e. The number of ether oxygens (including phenoxy) is 1. The molecule has 0 heterocycles. The number of carbonyl (C=O) groups excluding carboxylic acids is 2. The fourth-order valence-corrected chi connectivity index (χ4v) is 4.04. The van der Waals surface area contributed by atoms with Crippen molar-refractivity contribution >= 4 is 29.2 Å². The summed E-state index contributed by atoms with van der Waals surface area (Å²) in [5.74, 6) is 0.546. The number of amides is 1. The molecule has 2 saturated carbocycles. The highest BCUT2D eigenvalue weighted by molar-refractivity contribution is 6.33. The number of benzene rings is 1. The van der Waals surface area contributed by atoms with Gasteiger partial charge >= 0.3 is 5.97 Å². The predicted octanol–water partition coefficient (Wildman–Crippen LogP) is 3.79. The van der Waals surface area contributed by atoms with Gasteiger partial charge in [-0.25, -0.2) is 4.39 Å². The van der Waals surface area contributed by atoms with Crippen LogP contribution in [0.25, 0.3) is 0 Å². The van der Waals surface area contributed by atoms with Crippen LogP contribution in [0.3, 0.4) is 0 Å². The first kappa shape index (κ1) is 16.2. The van der Waals surface area contributed by atoms with Gasteiger partial charge in [0, 0.05) is 6.42 Å². The van der Waals surface area contributed by atoms with Crippen molar-refractivity contribution < 1.29 is 18.7 Å². The Hall–Kier alpha value is -1.62. The van der Waals surface area contributed by atoms with Crippen LogP contribution in [-0.4, -0.2) is 18.5 Å². The SMILES string of the molecule is O=C(COC(=O)C[C@H]1C[C@H]2CC[C@@H]1C2)Nc1ccc(F)cc1Cl. The van der Waals surface area contributed by atoms with Gasteiger partial charge < -0.3 is 10.1 Å². The molecule has 1 N–H and O–H groups in total. The van der Waals surface area contributed by atoms with E-state index in [0.717, 1.165) is 18.4 Å². The Morgan fingerprint density at radius 2 is 2.13 bits per heavy atom. The van der Waals surface area contributed by atoms with Gasteiger partial charge in [0.25, 0.3) is 5.91 Å². The Morgan fingerprint density at radius 1 is 1.30 bits per heavy atom. The van der Waals surface area contributed by atoms with Crippen LogP contribution in [0.2, 0.25) is 5.02 Å². The molecule has 2 aliphatic rings. The molecule has 124 valence electrons. The molecular formula is C17H19ClFNO3. The lowest BCUT2D eigenvalue weighted by Gasteiger charge is -2.20. The molecular weight excluding hydrogens is 321 g/mol. The summed E-state index contributed by atoms with van der Waals surface area (Å²) in [5, 5.41) is 2.60. The zero-order valence-corrected chi connectivity index (χ0v) is 13.4. The molecule has 1 amide bonds. The van der Waals surface area contributed by atoms with Crippen molar-refractivity contribution in [1.82, 2.24) is 0 Å². The molecule has 1 aromatic carbocycles. The maximum absolute atomic E-state index is 12.9. The molecule has 0 aliphatic heterocycles. The smallest absolute Gasteiger partial charge is 0.306 e. The summed E-state index contributed by atoms with van der Waals surface area (Å²) in [6.07, 6.45) is 5.24. The number of hydrogen-bond acceptors (Lipinski definition) is 3. The number of carbonyl (C=O) groups is 2. The standard InChI is InChI=1S/C17H19ClFNO3/c18-14-8-13(19)3-4-15(14)20-16(21)9-23-17(22)7-12-6-10-1-2-11(12)5-10/h3-4,8,10-12H,1-2,5-7,9H2,(H,20,21)/t10-,11+,12+/m0/s1. The Morgan fingerprint density at radius 3 is 2.78 bits per heavy atom. The molecule has 1 aromatic rings. The zero-order valence-electron chi connectivity index (χ0n) is 12.7. The minimum Gasteiger partial charge on any atom is -0.456 e. The number of anilines is 1. The molecule has 4 nitrogen and oxygen atoms in total. The summed E-state index contributed by atoms with van der Waals surface area (Å²) >= 11 is 5.82. The lowest BCUT2D eigenvalue weighted by molar-refractivity contribution is -0.148. The summed E-state index contributed by atoms with van der Waals surface area (Å²) in [6, 6.07) is 3.67. The van der Waals surface area contributed by atoms with E-state index in [0.29, 0.717) is 23.9 Å². The van der Waals surface area contributed by atoms with Crippen LogP contribution in [0, 0.1) is 23.6 Å². The van der Waals surface area contributed by atoms with Gasteiger partial charge in [-0.15, -0.1) is 0 Å². The summed E-state index contributed by atoms with van der Waals surface area (Å²) in [6.45, 7) is -0.354. The van der Waals surface area contributed by atoms with Crippen LogP contribution in [0.4, 0.5) is 10.1 Å². The molecule has 0 spiro atoms. The summed E-state index contributed by atoms with van der Waals surface area (Å²) < 4.78 is 18.0. The van der Waals surface area contributed by atoms with Crippen LogP contribution in [0.5, 0.6) is 0 Å². The fourth-order valence-electron chi connectivity index (χ4n) is 3.82. The van der Waals surface area contributed by atoms with Crippen molar-refractivity contribution in [3.05, 3.63) is 29.0 Å². The number of hydrogen-bond donors (Lipinski definition) is 1. The second-order valence-electron chi connectivity index (χ2n) is 6.47. The molecule has 0 saturated heterocycles. The predicted molar refractivity (Wildman–Crippen MR) is 84.6 cm³/mol. The minimum absolute atomic E-state index is 0.103. The number of halogens is 2. The normalized spacial score (nSPS) is 25.4. The van der Waals surface area contributed by atoms with E-state index in [1.54, 1.807) is 0 Å². The fraction of sp³-hybridized carbons (Fsp3) is 0.529. The average molecular weight is 340 g/mol. The highest BCUT2D eigenvalue weighted by Crippen LogP contribution is 2.49. The van der Waals surface area contributed by atoms with E-state index in [-0.39, 0.29) is 17.6 Å². The first-order chi connectivity index (χ1) is 11.0. The summed E-state index contributed by atoms with van der Waals surface area (Å²) in [7, 11) is 0. The van der Waals surface area contributed by atoms with Crippen LogP contribution in [0.1, 0.15) is 32.1 Å². The van der Waals surface area contributed by atoms with Crippen LogP contribution in [-0.2, 0) is 14.3 Å². The lowest BCUT2D eigenvalue weighted by Crippen LogP contribution is -2.23. The van der Waals surface area contributed by atoms with E-state index >= 15 is 0 Å². The van der Waals surface area contributed by atoms with E-state index in [4.69, 9.17) is 16.3 Å². The van der Waals surface area contributed by atoms with Gasteiger partial charge in [0.05, 0.1) is 10.7 Å². The van der Waals surface area contributed by atoms with Gasteiger partial charge in [0.1, 0.15) is 5.82 Å². The van der Waals surface area contributed by atoms with E-state index in [1.165, 1.54) is 31.4 Å². The van der Waals surface area contributed by atoms with Crippen molar-refractivity contribution in [2.24, 2.45) is 17.8 Å². The monoisotopic (exact) mass is 339 g/mol. The van der Waals surface area contributed by atoms with Crippen molar-refractivity contribution in [2.45, 2.75) is 32.1 Å². The van der Waals surface area contributed by atoms with Gasteiger partial charge in [0.2, 0.25) is 0 Å². The van der Waals surface area contributed by atoms with Crippen molar-refractivity contribution in [2.75, 3.05) is 11.9 Å². The van der Waals surface area contributed by atoms with Crippen molar-refractivity contribution in [3.8, 4) is 0 Å². The summed E-state index contributed by atoms with van der Waals surface area (Å²) in [5.41, 5.74) is 0.294. The van der Waals surface area contributed by atoms with Crippen molar-refractivity contribution in [3.63, 3.8) is 0 Å². The Bertz CT molecular complexity index is 622. The van der Waals surface area contributed by atoms with E-state index in [9.17, 15) is 14.0 Å².